The van der Waals surface area contributed by atoms with Gasteiger partial charge in [-0.2, -0.15) is 0 Å². The molecule has 0 bridgehead atoms. The molecule has 0 radical (unpaired) electrons. The number of hydrogen-bond donors (Lipinski definition) is 1. The Morgan fingerprint density at radius 1 is 1.25 bits per heavy atom. The van der Waals surface area contributed by atoms with Gasteiger partial charge >= 0.3 is 5.97 Å². The van der Waals surface area contributed by atoms with Crippen molar-refractivity contribution in [1.29, 1.82) is 0 Å². The molecule has 0 aliphatic heterocycles. The van der Waals surface area contributed by atoms with E-state index >= 15 is 0 Å². The van der Waals surface area contributed by atoms with Crippen LogP contribution in [0.25, 0.3) is 0 Å². The van der Waals surface area contributed by atoms with E-state index in [2.05, 4.69) is 0 Å². The summed E-state index contributed by atoms with van der Waals surface area (Å²) in [6.07, 6.45) is 6.90. The first kappa shape index (κ1) is 8.09. The normalized spacial score (nSPS) is 35.3. The number of fused-ring (bicyclic) bond motifs is 1. The molecule has 2 aliphatic rings. The standard InChI is InChI=1S/C10H16O2/c11-10(12)6-7-4-8-2-1-3-9(8)5-7/h7-9H,1-6H2,(H,11,12)/t8-,9-/m0/s1. The van der Waals surface area contributed by atoms with Gasteiger partial charge in [0.15, 0.2) is 0 Å². The minimum atomic E-state index is -0.611. The lowest BCUT2D eigenvalue weighted by Crippen LogP contribution is -2.04. The van der Waals surface area contributed by atoms with Crippen molar-refractivity contribution < 1.29 is 9.90 Å². The number of rotatable bonds is 2. The van der Waals surface area contributed by atoms with Gasteiger partial charge in [-0.05, 0) is 30.6 Å². The highest BCUT2D eigenvalue weighted by Gasteiger charge is 2.37. The van der Waals surface area contributed by atoms with Crippen molar-refractivity contribution >= 4 is 5.97 Å². The molecule has 2 rings (SSSR count). The average molecular weight is 168 g/mol. The van der Waals surface area contributed by atoms with Crippen LogP contribution < -0.4 is 0 Å². The van der Waals surface area contributed by atoms with E-state index in [0.29, 0.717) is 12.3 Å². The second kappa shape index (κ2) is 3.08. The highest BCUT2D eigenvalue weighted by atomic mass is 16.4. The molecule has 2 atom stereocenters. The second-order valence-corrected chi connectivity index (χ2v) is 4.39. The highest BCUT2D eigenvalue weighted by molar-refractivity contribution is 5.67. The Balaban J connectivity index is 1.86. The minimum absolute atomic E-state index is 0.410. The zero-order chi connectivity index (χ0) is 8.55. The van der Waals surface area contributed by atoms with Crippen molar-refractivity contribution in [2.45, 2.75) is 38.5 Å². The summed E-state index contributed by atoms with van der Waals surface area (Å²) in [5.41, 5.74) is 0. The predicted octanol–water partition coefficient (Wildman–Crippen LogP) is 2.29. The molecule has 12 heavy (non-hydrogen) atoms. The van der Waals surface area contributed by atoms with Gasteiger partial charge in [0.25, 0.3) is 0 Å². The van der Waals surface area contributed by atoms with Crippen molar-refractivity contribution in [3.05, 3.63) is 0 Å². The van der Waals surface area contributed by atoms with Gasteiger partial charge in [0, 0.05) is 6.42 Å². The fourth-order valence-electron chi connectivity index (χ4n) is 3.10. The number of carboxylic acids is 1. The number of carboxylic acid groups (broad SMARTS) is 1. The fourth-order valence-corrected chi connectivity index (χ4v) is 3.10. The number of carbonyl (C=O) groups is 1. The lowest BCUT2D eigenvalue weighted by atomic mass is 10.0. The van der Waals surface area contributed by atoms with Crippen molar-refractivity contribution in [2.75, 3.05) is 0 Å². The summed E-state index contributed by atoms with van der Waals surface area (Å²) in [6.45, 7) is 0. The summed E-state index contributed by atoms with van der Waals surface area (Å²) < 4.78 is 0. The third-order valence-corrected chi connectivity index (χ3v) is 3.55. The molecule has 2 nitrogen and oxygen atoms in total. The van der Waals surface area contributed by atoms with Gasteiger partial charge < -0.3 is 5.11 Å². The summed E-state index contributed by atoms with van der Waals surface area (Å²) in [4.78, 5) is 10.5. The van der Waals surface area contributed by atoms with E-state index in [1.165, 1.54) is 32.1 Å². The molecule has 0 heterocycles. The zero-order valence-electron chi connectivity index (χ0n) is 7.33. The van der Waals surface area contributed by atoms with Gasteiger partial charge in [-0.3, -0.25) is 4.79 Å². The Labute approximate surface area is 73.0 Å². The monoisotopic (exact) mass is 168 g/mol. The van der Waals surface area contributed by atoms with Crippen LogP contribution in [0, 0.1) is 17.8 Å². The van der Waals surface area contributed by atoms with Gasteiger partial charge in [-0.25, -0.2) is 0 Å². The molecule has 0 saturated heterocycles. The quantitative estimate of drug-likeness (QED) is 0.686. The largest absolute Gasteiger partial charge is 0.481 e. The van der Waals surface area contributed by atoms with E-state index in [4.69, 9.17) is 5.11 Å². The van der Waals surface area contributed by atoms with E-state index in [1.807, 2.05) is 0 Å². The molecule has 0 aromatic heterocycles. The Hall–Kier alpha value is -0.530. The molecule has 2 aliphatic carbocycles. The fraction of sp³-hybridized carbons (Fsp3) is 0.900. The Morgan fingerprint density at radius 2 is 1.83 bits per heavy atom. The smallest absolute Gasteiger partial charge is 0.303 e. The van der Waals surface area contributed by atoms with Gasteiger partial charge in [0.1, 0.15) is 0 Å². The average Bonchev–Trinajstić information content (AvgIpc) is 2.43. The summed E-state index contributed by atoms with van der Waals surface area (Å²) in [5, 5.41) is 8.64. The van der Waals surface area contributed by atoms with E-state index in [1.54, 1.807) is 0 Å². The van der Waals surface area contributed by atoms with Crippen LogP contribution in [0.3, 0.4) is 0 Å². The topological polar surface area (TPSA) is 37.3 Å². The summed E-state index contributed by atoms with van der Waals surface area (Å²) >= 11 is 0. The molecule has 0 unspecified atom stereocenters. The highest BCUT2D eigenvalue weighted by Crippen LogP contribution is 2.47. The minimum Gasteiger partial charge on any atom is -0.481 e. The molecule has 2 heteroatoms. The van der Waals surface area contributed by atoms with Crippen molar-refractivity contribution in [1.82, 2.24) is 0 Å². The van der Waals surface area contributed by atoms with E-state index in [9.17, 15) is 4.79 Å². The molecule has 68 valence electrons. The SMILES string of the molecule is O=C(O)CC1C[C@@H]2CCC[C@H]2C1. The zero-order valence-corrected chi connectivity index (χ0v) is 7.33. The van der Waals surface area contributed by atoms with Crippen LogP contribution in [0.5, 0.6) is 0 Å². The molecular formula is C10H16O2. The molecule has 1 N–H and O–H groups in total. The molecule has 0 spiro atoms. The summed E-state index contributed by atoms with van der Waals surface area (Å²) in [6, 6.07) is 0. The molecule has 0 aromatic carbocycles. The predicted molar refractivity (Wildman–Crippen MR) is 45.8 cm³/mol. The number of aliphatic carboxylic acids is 1. The van der Waals surface area contributed by atoms with Crippen molar-refractivity contribution in [2.24, 2.45) is 17.8 Å². The van der Waals surface area contributed by atoms with E-state index < -0.39 is 5.97 Å². The summed E-state index contributed by atoms with van der Waals surface area (Å²) in [5.74, 6) is 1.65. The number of hydrogen-bond acceptors (Lipinski definition) is 1. The molecule has 0 amide bonds. The third-order valence-electron chi connectivity index (χ3n) is 3.55. The third kappa shape index (κ3) is 1.47. The Morgan fingerprint density at radius 3 is 2.33 bits per heavy atom. The second-order valence-electron chi connectivity index (χ2n) is 4.39. The molecular weight excluding hydrogens is 152 g/mol. The lowest BCUT2D eigenvalue weighted by molar-refractivity contribution is -0.138. The molecule has 0 aromatic rings. The molecule has 2 fully saturated rings. The van der Waals surface area contributed by atoms with E-state index in [0.717, 1.165) is 11.8 Å². The van der Waals surface area contributed by atoms with Gasteiger partial charge in [-0.1, -0.05) is 19.3 Å². The van der Waals surface area contributed by atoms with Crippen molar-refractivity contribution in [3.8, 4) is 0 Å². The van der Waals surface area contributed by atoms with Crippen LogP contribution in [-0.4, -0.2) is 11.1 Å². The van der Waals surface area contributed by atoms with Crippen LogP contribution in [0.15, 0.2) is 0 Å². The first-order valence-electron chi connectivity index (χ1n) is 4.97. The lowest BCUT2D eigenvalue weighted by Gasteiger charge is -2.06. The molecule has 2 saturated carbocycles. The van der Waals surface area contributed by atoms with Crippen LogP contribution >= 0.6 is 0 Å². The Kier molecular flexibility index (Phi) is 2.07. The Bertz CT molecular complexity index is 176. The van der Waals surface area contributed by atoms with Crippen LogP contribution in [0.2, 0.25) is 0 Å². The summed E-state index contributed by atoms with van der Waals surface area (Å²) in [7, 11) is 0. The van der Waals surface area contributed by atoms with E-state index in [-0.39, 0.29) is 0 Å². The first-order chi connectivity index (χ1) is 5.75. The van der Waals surface area contributed by atoms with Gasteiger partial charge in [0.2, 0.25) is 0 Å². The van der Waals surface area contributed by atoms with Crippen LogP contribution in [0.4, 0.5) is 0 Å². The first-order valence-corrected chi connectivity index (χ1v) is 4.97. The van der Waals surface area contributed by atoms with Gasteiger partial charge in [0.05, 0.1) is 0 Å². The maximum Gasteiger partial charge on any atom is 0.303 e. The van der Waals surface area contributed by atoms with Crippen LogP contribution in [0.1, 0.15) is 38.5 Å². The maximum absolute atomic E-state index is 10.5. The van der Waals surface area contributed by atoms with Crippen molar-refractivity contribution in [3.63, 3.8) is 0 Å². The maximum atomic E-state index is 10.5. The van der Waals surface area contributed by atoms with Crippen LogP contribution in [-0.2, 0) is 4.79 Å². The van der Waals surface area contributed by atoms with Gasteiger partial charge in [-0.15, -0.1) is 0 Å².